The van der Waals surface area contributed by atoms with E-state index >= 15 is 0 Å². The summed E-state index contributed by atoms with van der Waals surface area (Å²) >= 11 is 0. The lowest BCUT2D eigenvalue weighted by Gasteiger charge is -2.43. The summed E-state index contributed by atoms with van der Waals surface area (Å²) in [6, 6.07) is 15.9. The van der Waals surface area contributed by atoms with Gasteiger partial charge in [0.25, 0.3) is 0 Å². The first kappa shape index (κ1) is 36.1. The van der Waals surface area contributed by atoms with Crippen LogP contribution in [-0.2, 0) is 4.74 Å². The van der Waals surface area contributed by atoms with E-state index in [1.807, 2.05) is 27.8 Å². The number of amides is 1. The van der Waals surface area contributed by atoms with E-state index in [1.54, 1.807) is 4.90 Å². The third-order valence-electron chi connectivity index (χ3n) is 12.0. The standard InChI is InChI=1S/C43H60N6O3/c1-10-12-13-32(26(3)11-2)41-46-35(25-47(41)8)28-15-19-37-31(20-28)21-38-33-17-14-29(22-39(33)51-27(4)49(37)38)34-24-44-40(45-34)23-30-16-18-36(30)48(9)42(50)52-43(5,6)7/h14-15,17,19-22,24-27,30,32,36,40-41,44-46H,10-13,16,18,23H2,1-9H3. The lowest BCUT2D eigenvalue weighted by Crippen LogP contribution is -2.51. The van der Waals surface area contributed by atoms with Crippen LogP contribution in [-0.4, -0.2) is 58.5 Å². The molecule has 7 atom stereocenters. The van der Waals surface area contributed by atoms with Gasteiger partial charge in [-0.1, -0.05) is 52.2 Å². The van der Waals surface area contributed by atoms with Gasteiger partial charge in [-0.2, -0.15) is 0 Å². The fourth-order valence-electron chi connectivity index (χ4n) is 8.74. The Bertz CT molecular complexity index is 1850. The van der Waals surface area contributed by atoms with Crippen LogP contribution in [0, 0.1) is 17.8 Å². The highest BCUT2D eigenvalue weighted by molar-refractivity contribution is 5.91. The Morgan fingerprint density at radius 1 is 1.06 bits per heavy atom. The third kappa shape index (κ3) is 6.95. The van der Waals surface area contributed by atoms with E-state index in [0.29, 0.717) is 23.9 Å². The number of aromatic nitrogens is 1. The van der Waals surface area contributed by atoms with Crippen molar-refractivity contribution in [3.8, 4) is 17.0 Å². The molecule has 1 aliphatic carbocycles. The average molecular weight is 709 g/mol. The topological polar surface area (TPSA) is 83.0 Å². The zero-order chi connectivity index (χ0) is 36.9. The molecule has 0 radical (unpaired) electrons. The largest absolute Gasteiger partial charge is 0.470 e. The van der Waals surface area contributed by atoms with Crippen LogP contribution in [0.1, 0.15) is 111 Å². The summed E-state index contributed by atoms with van der Waals surface area (Å²) in [4.78, 5) is 16.9. The van der Waals surface area contributed by atoms with E-state index in [2.05, 4.69) is 115 Å². The molecule has 3 N–H and O–H groups in total. The SMILES string of the molecule is CCCCC(C(C)CC)C1NC(c2ccc3c(c2)cc2n3C(C)Oc3cc(C4=CNC(CC5CCC5N(C)C(=O)OC(C)(C)C)N4)ccc3-2)=CN1C. The minimum absolute atomic E-state index is 0.110. The predicted octanol–water partition coefficient (Wildman–Crippen LogP) is 9.08. The Kier molecular flexibility index (Phi) is 9.91. The van der Waals surface area contributed by atoms with Gasteiger partial charge in [-0.3, -0.25) is 0 Å². The number of ether oxygens (including phenoxy) is 2. The zero-order valence-electron chi connectivity index (χ0n) is 32.8. The zero-order valence-corrected chi connectivity index (χ0v) is 32.8. The molecule has 1 amide bonds. The highest BCUT2D eigenvalue weighted by atomic mass is 16.6. The van der Waals surface area contributed by atoms with Crippen LogP contribution in [0.25, 0.3) is 33.6 Å². The fraction of sp³-hybridized carbons (Fsp3) is 0.558. The van der Waals surface area contributed by atoms with Gasteiger partial charge in [-0.25, -0.2) is 4.79 Å². The Hall–Kier alpha value is -4.27. The van der Waals surface area contributed by atoms with Crippen LogP contribution in [0.3, 0.4) is 0 Å². The molecule has 1 fully saturated rings. The van der Waals surface area contributed by atoms with E-state index in [1.165, 1.54) is 53.5 Å². The molecule has 280 valence electrons. The smallest absolute Gasteiger partial charge is 0.410 e. The van der Waals surface area contributed by atoms with Crippen molar-refractivity contribution < 1.29 is 14.3 Å². The molecule has 4 heterocycles. The lowest BCUT2D eigenvalue weighted by molar-refractivity contribution is -0.000723. The summed E-state index contributed by atoms with van der Waals surface area (Å²) in [5.74, 6) is 2.59. The van der Waals surface area contributed by atoms with Gasteiger partial charge in [-0.05, 0) is 101 Å². The maximum atomic E-state index is 12.7. The second-order valence-corrected chi connectivity index (χ2v) is 16.7. The van der Waals surface area contributed by atoms with E-state index in [-0.39, 0.29) is 24.5 Å². The van der Waals surface area contributed by atoms with Gasteiger partial charge >= 0.3 is 6.09 Å². The van der Waals surface area contributed by atoms with Crippen LogP contribution < -0.4 is 20.7 Å². The molecule has 0 bridgehead atoms. The Morgan fingerprint density at radius 3 is 2.54 bits per heavy atom. The first-order valence-corrected chi connectivity index (χ1v) is 19.7. The number of nitrogens with one attached hydrogen (secondary N) is 3. The van der Waals surface area contributed by atoms with Gasteiger partial charge in [0.05, 0.1) is 28.8 Å². The molecule has 9 heteroatoms. The number of carbonyl (C=O) groups excluding carboxylic acids is 1. The maximum absolute atomic E-state index is 12.7. The van der Waals surface area contributed by atoms with Crippen molar-refractivity contribution >= 4 is 28.4 Å². The molecule has 1 saturated carbocycles. The predicted molar refractivity (Wildman–Crippen MR) is 211 cm³/mol. The van der Waals surface area contributed by atoms with Crippen molar-refractivity contribution in [2.45, 2.75) is 124 Å². The highest BCUT2D eigenvalue weighted by Crippen LogP contribution is 2.44. The second kappa shape index (κ2) is 14.3. The first-order valence-electron chi connectivity index (χ1n) is 19.7. The highest BCUT2D eigenvalue weighted by Gasteiger charge is 2.39. The molecule has 4 aliphatic rings. The minimum atomic E-state index is -0.494. The van der Waals surface area contributed by atoms with Crippen LogP contribution in [0.2, 0.25) is 0 Å². The van der Waals surface area contributed by atoms with Crippen molar-refractivity contribution in [1.82, 2.24) is 30.3 Å². The number of rotatable bonds is 11. The van der Waals surface area contributed by atoms with E-state index in [0.717, 1.165) is 41.8 Å². The number of fused-ring (bicyclic) bond motifs is 5. The van der Waals surface area contributed by atoms with Gasteiger partial charge in [0.1, 0.15) is 17.5 Å². The molecular formula is C43H60N6O3. The van der Waals surface area contributed by atoms with Crippen LogP contribution >= 0.6 is 0 Å². The quantitative estimate of drug-likeness (QED) is 0.183. The summed E-state index contributed by atoms with van der Waals surface area (Å²) in [7, 11) is 4.09. The molecule has 0 saturated heterocycles. The van der Waals surface area contributed by atoms with Gasteiger partial charge in [0.15, 0.2) is 6.23 Å². The molecular weight excluding hydrogens is 649 g/mol. The van der Waals surface area contributed by atoms with Crippen molar-refractivity contribution in [3.63, 3.8) is 0 Å². The maximum Gasteiger partial charge on any atom is 0.410 e. The van der Waals surface area contributed by atoms with Crippen molar-refractivity contribution in [1.29, 1.82) is 0 Å². The molecule has 3 aromatic rings. The first-order chi connectivity index (χ1) is 24.8. The van der Waals surface area contributed by atoms with Gasteiger partial charge in [0.2, 0.25) is 0 Å². The monoisotopic (exact) mass is 708 g/mol. The summed E-state index contributed by atoms with van der Waals surface area (Å²) in [5.41, 5.74) is 7.55. The Labute approximate surface area is 310 Å². The normalized spacial score (nSPS) is 24.6. The molecule has 2 aromatic carbocycles. The van der Waals surface area contributed by atoms with Crippen molar-refractivity contribution in [3.05, 3.63) is 66.0 Å². The molecule has 1 aromatic heterocycles. The van der Waals surface area contributed by atoms with E-state index in [4.69, 9.17) is 9.47 Å². The lowest BCUT2D eigenvalue weighted by atomic mass is 9.76. The number of hydrogen-bond acceptors (Lipinski definition) is 7. The van der Waals surface area contributed by atoms with Gasteiger partial charge in [-0.15, -0.1) is 0 Å². The molecule has 7 rings (SSSR count). The van der Waals surface area contributed by atoms with Crippen molar-refractivity contribution in [2.75, 3.05) is 14.1 Å². The van der Waals surface area contributed by atoms with Crippen LogP contribution in [0.15, 0.2) is 54.9 Å². The van der Waals surface area contributed by atoms with Crippen LogP contribution in [0.5, 0.6) is 5.75 Å². The van der Waals surface area contributed by atoms with Crippen LogP contribution in [0.4, 0.5) is 4.79 Å². The number of unbranched alkanes of at least 4 members (excludes halogenated alkanes) is 1. The Morgan fingerprint density at radius 2 is 1.83 bits per heavy atom. The third-order valence-corrected chi connectivity index (χ3v) is 12.0. The fourth-order valence-corrected chi connectivity index (χ4v) is 8.74. The summed E-state index contributed by atoms with van der Waals surface area (Å²) in [6.07, 6.45) is 12.4. The van der Waals surface area contributed by atoms with E-state index < -0.39 is 5.60 Å². The molecule has 52 heavy (non-hydrogen) atoms. The van der Waals surface area contributed by atoms with Crippen molar-refractivity contribution in [2.24, 2.45) is 17.8 Å². The molecule has 9 nitrogen and oxygen atoms in total. The van der Waals surface area contributed by atoms with Gasteiger partial charge in [0, 0.05) is 55.0 Å². The minimum Gasteiger partial charge on any atom is -0.470 e. The molecule has 7 unspecified atom stereocenters. The number of benzene rings is 2. The van der Waals surface area contributed by atoms with E-state index in [9.17, 15) is 4.79 Å². The second-order valence-electron chi connectivity index (χ2n) is 16.7. The molecule has 0 spiro atoms. The summed E-state index contributed by atoms with van der Waals surface area (Å²) in [6.45, 7) is 14.9. The number of nitrogens with zero attached hydrogens (tertiary/aromatic N) is 3. The summed E-state index contributed by atoms with van der Waals surface area (Å²) in [5, 5.41) is 12.4. The average Bonchev–Trinajstić information content (AvgIpc) is 3.83. The van der Waals surface area contributed by atoms with Gasteiger partial charge < -0.3 is 39.8 Å². The Balaban J connectivity index is 1.04. The number of hydrogen-bond donors (Lipinski definition) is 3. The number of carbonyl (C=O) groups is 1. The molecule has 3 aliphatic heterocycles. The summed E-state index contributed by atoms with van der Waals surface area (Å²) < 4.78 is 14.5.